The lowest BCUT2D eigenvalue weighted by atomic mass is 10.1. The summed E-state index contributed by atoms with van der Waals surface area (Å²) < 4.78 is 1.82. The van der Waals surface area contributed by atoms with Crippen molar-refractivity contribution in [3.05, 3.63) is 39.8 Å². The fraction of sp³-hybridized carbons (Fsp3) is 0.565. The summed E-state index contributed by atoms with van der Waals surface area (Å²) in [6.07, 6.45) is 4.52. The quantitative estimate of drug-likeness (QED) is 0.626. The predicted octanol–water partition coefficient (Wildman–Crippen LogP) is 2.00. The van der Waals surface area contributed by atoms with Crippen molar-refractivity contribution in [2.75, 3.05) is 13.1 Å². The molecule has 0 bridgehead atoms. The van der Waals surface area contributed by atoms with Gasteiger partial charge in [0.1, 0.15) is 11.2 Å². The summed E-state index contributed by atoms with van der Waals surface area (Å²) >= 11 is 0. The highest BCUT2D eigenvalue weighted by Crippen LogP contribution is 2.19. The SMILES string of the molecule is CCn1cc(C(=O)NCCCCCC(=O)N2C[C@H](O)C[C@H]2C)c(=O)c2ccc(C)nc21. The number of amides is 2. The van der Waals surface area contributed by atoms with E-state index < -0.39 is 6.10 Å². The van der Waals surface area contributed by atoms with E-state index in [9.17, 15) is 19.5 Å². The number of carbonyl (C=O) groups is 2. The van der Waals surface area contributed by atoms with Crippen LogP contribution in [-0.2, 0) is 11.3 Å². The first-order chi connectivity index (χ1) is 14.8. The Labute approximate surface area is 182 Å². The van der Waals surface area contributed by atoms with Crippen LogP contribution in [0.2, 0.25) is 0 Å². The van der Waals surface area contributed by atoms with E-state index >= 15 is 0 Å². The average molecular weight is 429 g/mol. The van der Waals surface area contributed by atoms with Crippen LogP contribution in [0.4, 0.5) is 0 Å². The lowest BCUT2D eigenvalue weighted by Crippen LogP contribution is -2.34. The monoisotopic (exact) mass is 428 g/mol. The van der Waals surface area contributed by atoms with Gasteiger partial charge in [-0.15, -0.1) is 0 Å². The highest BCUT2D eigenvalue weighted by Gasteiger charge is 2.30. The smallest absolute Gasteiger partial charge is 0.256 e. The lowest BCUT2D eigenvalue weighted by molar-refractivity contribution is -0.132. The van der Waals surface area contributed by atoms with Crippen molar-refractivity contribution >= 4 is 22.8 Å². The summed E-state index contributed by atoms with van der Waals surface area (Å²) in [6.45, 7) is 7.25. The van der Waals surface area contributed by atoms with Gasteiger partial charge in [-0.05, 0) is 52.2 Å². The molecule has 0 spiro atoms. The molecule has 3 heterocycles. The van der Waals surface area contributed by atoms with Crippen LogP contribution in [0.15, 0.2) is 23.1 Å². The van der Waals surface area contributed by atoms with E-state index in [2.05, 4.69) is 10.3 Å². The maximum atomic E-state index is 12.8. The van der Waals surface area contributed by atoms with Crippen LogP contribution in [0.3, 0.4) is 0 Å². The van der Waals surface area contributed by atoms with Crippen molar-refractivity contribution < 1.29 is 14.7 Å². The molecular weight excluding hydrogens is 396 g/mol. The fourth-order valence-corrected chi connectivity index (χ4v) is 4.13. The maximum Gasteiger partial charge on any atom is 0.256 e. The second kappa shape index (κ2) is 10.0. The number of hydrogen-bond acceptors (Lipinski definition) is 5. The Morgan fingerprint density at radius 2 is 2.03 bits per heavy atom. The Bertz CT molecular complexity index is 1020. The molecule has 0 radical (unpaired) electrons. The largest absolute Gasteiger partial charge is 0.391 e. The maximum absolute atomic E-state index is 12.8. The topological polar surface area (TPSA) is 105 Å². The molecule has 8 nitrogen and oxygen atoms in total. The molecule has 2 amide bonds. The number of nitrogens with zero attached hydrogens (tertiary/aromatic N) is 3. The van der Waals surface area contributed by atoms with E-state index in [-0.39, 0.29) is 28.8 Å². The molecule has 1 fully saturated rings. The Morgan fingerprint density at radius 3 is 2.71 bits per heavy atom. The number of aliphatic hydroxyl groups excluding tert-OH is 1. The molecular formula is C23H32N4O4. The second-order valence-corrected chi connectivity index (χ2v) is 8.33. The second-order valence-electron chi connectivity index (χ2n) is 8.33. The number of nitrogens with one attached hydrogen (secondary N) is 1. The van der Waals surface area contributed by atoms with Gasteiger partial charge >= 0.3 is 0 Å². The normalized spacial score (nSPS) is 18.5. The van der Waals surface area contributed by atoms with Gasteiger partial charge in [0.15, 0.2) is 0 Å². The number of rotatable bonds is 8. The number of pyridine rings is 2. The van der Waals surface area contributed by atoms with Gasteiger partial charge in [0.05, 0.1) is 11.5 Å². The van der Waals surface area contributed by atoms with Crippen molar-refractivity contribution in [2.45, 2.75) is 71.6 Å². The summed E-state index contributed by atoms with van der Waals surface area (Å²) in [5.74, 6) is -0.307. The lowest BCUT2D eigenvalue weighted by Gasteiger charge is -2.21. The molecule has 31 heavy (non-hydrogen) atoms. The molecule has 0 unspecified atom stereocenters. The first-order valence-electron chi connectivity index (χ1n) is 11.1. The molecule has 1 aliphatic heterocycles. The van der Waals surface area contributed by atoms with E-state index in [0.29, 0.717) is 43.5 Å². The molecule has 2 aromatic heterocycles. The summed E-state index contributed by atoms with van der Waals surface area (Å²) in [6, 6.07) is 3.59. The van der Waals surface area contributed by atoms with Crippen molar-refractivity contribution in [2.24, 2.45) is 0 Å². The minimum absolute atomic E-state index is 0.0770. The minimum atomic E-state index is -0.415. The molecule has 2 aromatic rings. The third kappa shape index (κ3) is 5.31. The molecule has 0 aromatic carbocycles. The van der Waals surface area contributed by atoms with Crippen LogP contribution in [-0.4, -0.2) is 56.6 Å². The number of fused-ring (bicyclic) bond motifs is 1. The number of unbranched alkanes of at least 4 members (excludes halogenated alkanes) is 2. The van der Waals surface area contributed by atoms with Gasteiger partial charge in [0.25, 0.3) is 5.91 Å². The molecule has 168 valence electrons. The Balaban J connectivity index is 1.49. The van der Waals surface area contributed by atoms with Crippen molar-refractivity contribution in [1.82, 2.24) is 19.8 Å². The van der Waals surface area contributed by atoms with E-state index in [1.807, 2.05) is 25.3 Å². The molecule has 0 aliphatic carbocycles. The van der Waals surface area contributed by atoms with Gasteiger partial charge in [-0.25, -0.2) is 4.98 Å². The van der Waals surface area contributed by atoms with Crippen LogP contribution >= 0.6 is 0 Å². The molecule has 3 rings (SSSR count). The van der Waals surface area contributed by atoms with Gasteiger partial charge in [0, 0.05) is 44.0 Å². The minimum Gasteiger partial charge on any atom is -0.391 e. The highest BCUT2D eigenvalue weighted by atomic mass is 16.3. The summed E-state index contributed by atoms with van der Waals surface area (Å²) in [5.41, 5.74) is 1.22. The first kappa shape index (κ1) is 22.9. The number of aryl methyl sites for hydroxylation is 2. The van der Waals surface area contributed by atoms with Crippen LogP contribution < -0.4 is 10.7 Å². The summed E-state index contributed by atoms with van der Waals surface area (Å²) in [4.78, 5) is 43.8. The van der Waals surface area contributed by atoms with Gasteiger partial charge in [0.2, 0.25) is 11.3 Å². The third-order valence-electron chi connectivity index (χ3n) is 5.87. The fourth-order valence-electron chi connectivity index (χ4n) is 4.13. The zero-order valence-corrected chi connectivity index (χ0v) is 18.6. The number of carbonyl (C=O) groups excluding carboxylic acids is 2. The number of aliphatic hydroxyl groups is 1. The Morgan fingerprint density at radius 1 is 1.26 bits per heavy atom. The summed E-state index contributed by atoms with van der Waals surface area (Å²) in [5, 5.41) is 12.9. The highest BCUT2D eigenvalue weighted by molar-refractivity contribution is 5.96. The van der Waals surface area contributed by atoms with Gasteiger partial charge in [-0.2, -0.15) is 0 Å². The number of hydrogen-bond donors (Lipinski definition) is 2. The zero-order chi connectivity index (χ0) is 22.5. The molecule has 0 saturated carbocycles. The molecule has 2 atom stereocenters. The van der Waals surface area contributed by atoms with E-state index in [1.165, 1.54) is 0 Å². The van der Waals surface area contributed by atoms with E-state index in [0.717, 1.165) is 25.0 Å². The van der Waals surface area contributed by atoms with Crippen LogP contribution in [0.5, 0.6) is 0 Å². The molecule has 1 aliphatic rings. The van der Waals surface area contributed by atoms with Crippen LogP contribution in [0.1, 0.15) is 62.0 Å². The van der Waals surface area contributed by atoms with Crippen LogP contribution in [0.25, 0.3) is 11.0 Å². The van der Waals surface area contributed by atoms with Gasteiger partial charge in [-0.1, -0.05) is 6.42 Å². The molecule has 1 saturated heterocycles. The third-order valence-corrected chi connectivity index (χ3v) is 5.87. The van der Waals surface area contributed by atoms with Gasteiger partial charge < -0.3 is 19.9 Å². The average Bonchev–Trinajstić information content (AvgIpc) is 3.08. The van der Waals surface area contributed by atoms with Crippen molar-refractivity contribution in [1.29, 1.82) is 0 Å². The molecule has 2 N–H and O–H groups in total. The molecule has 8 heteroatoms. The summed E-state index contributed by atoms with van der Waals surface area (Å²) in [7, 11) is 0. The van der Waals surface area contributed by atoms with E-state index in [1.54, 1.807) is 23.2 Å². The van der Waals surface area contributed by atoms with Crippen molar-refractivity contribution in [3.8, 4) is 0 Å². The number of likely N-dealkylation sites (tertiary alicyclic amines) is 1. The Hall–Kier alpha value is -2.74. The first-order valence-corrected chi connectivity index (χ1v) is 11.1. The van der Waals surface area contributed by atoms with Crippen LogP contribution in [0, 0.1) is 6.92 Å². The Kier molecular flexibility index (Phi) is 7.43. The van der Waals surface area contributed by atoms with E-state index in [4.69, 9.17) is 0 Å². The van der Waals surface area contributed by atoms with Crippen molar-refractivity contribution in [3.63, 3.8) is 0 Å². The number of β-amino-alcohol motifs (C(OH)–C–C–N with tert-alkyl or cyclic N) is 1. The zero-order valence-electron chi connectivity index (χ0n) is 18.6. The predicted molar refractivity (Wildman–Crippen MR) is 119 cm³/mol. The number of aromatic nitrogens is 2. The van der Waals surface area contributed by atoms with Gasteiger partial charge in [-0.3, -0.25) is 14.4 Å². The standard InChI is InChI=1S/C23H32N4O4/c1-4-26-14-19(21(30)18-10-9-15(2)25-22(18)26)23(31)24-11-7-5-6-8-20(29)27-13-17(28)12-16(27)3/h9-10,14,16-17,28H,4-8,11-13H2,1-3H3,(H,24,31)/t16-,17-/m1/s1.